The highest BCUT2D eigenvalue weighted by Gasteiger charge is 2.15. The molecule has 0 saturated carbocycles. The Bertz CT molecular complexity index is 757. The monoisotopic (exact) mass is 344 g/mol. The minimum atomic E-state index is 0.114. The van der Waals surface area contributed by atoms with Crippen molar-refractivity contribution in [3.8, 4) is 0 Å². The summed E-state index contributed by atoms with van der Waals surface area (Å²) >= 11 is 0. The number of hydrogen-bond acceptors (Lipinski definition) is 4. The number of nitrogens with zero attached hydrogens (tertiary/aromatic N) is 3. The molecule has 0 unspecified atom stereocenters. The molecule has 1 N–H and O–H groups in total. The maximum Gasteiger partial charge on any atom is 0.128 e. The van der Waals surface area contributed by atoms with Crippen LogP contribution in [0.5, 0.6) is 0 Å². The van der Waals surface area contributed by atoms with Crippen LogP contribution in [0.25, 0.3) is 0 Å². The quantitative estimate of drug-likeness (QED) is 0.735. The lowest BCUT2D eigenvalue weighted by molar-refractivity contribution is 0.602. The zero-order valence-electron chi connectivity index (χ0n) is 14.9. The minimum absolute atomic E-state index is 0.114. The van der Waals surface area contributed by atoms with Gasteiger partial charge in [-0.2, -0.15) is 0 Å². The standard InChI is InChI=1S/C22H24N4/c1-2-7-19(8-3-1)22(20-9-6-12-23-17-20)25-16-18-10-11-21(24-15-18)26-13-4-5-14-26/h1-3,6-12,15,17,22,25H,4-5,13-14,16H2/t22-/m0/s1. The van der Waals surface area contributed by atoms with Gasteiger partial charge in [-0.3, -0.25) is 4.98 Å². The van der Waals surface area contributed by atoms with Crippen LogP contribution in [0.2, 0.25) is 0 Å². The second-order valence-corrected chi connectivity index (χ2v) is 6.73. The van der Waals surface area contributed by atoms with E-state index in [1.807, 2.05) is 30.7 Å². The summed E-state index contributed by atoms with van der Waals surface area (Å²) in [7, 11) is 0. The molecule has 4 heteroatoms. The van der Waals surface area contributed by atoms with E-state index in [1.54, 1.807) is 0 Å². The number of pyridine rings is 2. The van der Waals surface area contributed by atoms with Crippen LogP contribution in [0.4, 0.5) is 5.82 Å². The maximum absolute atomic E-state index is 4.66. The first-order valence-electron chi connectivity index (χ1n) is 9.28. The Balaban J connectivity index is 1.48. The van der Waals surface area contributed by atoms with Crippen LogP contribution >= 0.6 is 0 Å². The number of anilines is 1. The predicted octanol–water partition coefficient (Wildman–Crippen LogP) is 3.96. The van der Waals surface area contributed by atoms with E-state index < -0.39 is 0 Å². The summed E-state index contributed by atoms with van der Waals surface area (Å²) in [6.45, 7) is 3.02. The maximum atomic E-state index is 4.66. The van der Waals surface area contributed by atoms with Gasteiger partial charge >= 0.3 is 0 Å². The van der Waals surface area contributed by atoms with E-state index in [1.165, 1.54) is 29.5 Å². The highest BCUT2D eigenvalue weighted by atomic mass is 15.2. The molecule has 1 aliphatic rings. The van der Waals surface area contributed by atoms with Gasteiger partial charge in [-0.25, -0.2) is 4.98 Å². The lowest BCUT2D eigenvalue weighted by Crippen LogP contribution is -2.22. The summed E-state index contributed by atoms with van der Waals surface area (Å²) in [5.41, 5.74) is 3.60. The van der Waals surface area contributed by atoms with E-state index >= 15 is 0 Å². The fraction of sp³-hybridized carbons (Fsp3) is 0.273. The average molecular weight is 344 g/mol. The lowest BCUT2D eigenvalue weighted by Gasteiger charge is -2.20. The second kappa shape index (κ2) is 8.11. The van der Waals surface area contributed by atoms with Crippen molar-refractivity contribution < 1.29 is 0 Å². The van der Waals surface area contributed by atoms with E-state index in [-0.39, 0.29) is 6.04 Å². The van der Waals surface area contributed by atoms with Crippen molar-refractivity contribution >= 4 is 5.82 Å². The van der Waals surface area contributed by atoms with Crippen LogP contribution < -0.4 is 10.2 Å². The molecular formula is C22H24N4. The van der Waals surface area contributed by atoms with Gasteiger partial charge in [0.2, 0.25) is 0 Å². The van der Waals surface area contributed by atoms with E-state index in [9.17, 15) is 0 Å². The van der Waals surface area contributed by atoms with Crippen molar-refractivity contribution in [2.24, 2.45) is 0 Å². The molecule has 1 aromatic carbocycles. The van der Waals surface area contributed by atoms with Crippen molar-refractivity contribution in [2.75, 3.05) is 18.0 Å². The largest absolute Gasteiger partial charge is 0.357 e. The molecule has 0 spiro atoms. The predicted molar refractivity (Wildman–Crippen MR) is 105 cm³/mol. The Morgan fingerprint density at radius 3 is 2.38 bits per heavy atom. The van der Waals surface area contributed by atoms with Gasteiger partial charge in [0.05, 0.1) is 6.04 Å². The van der Waals surface area contributed by atoms with Crippen LogP contribution in [-0.4, -0.2) is 23.1 Å². The molecule has 0 radical (unpaired) electrons. The first-order valence-corrected chi connectivity index (χ1v) is 9.28. The molecule has 4 rings (SSSR count). The van der Waals surface area contributed by atoms with Crippen LogP contribution in [0.1, 0.15) is 35.6 Å². The zero-order chi connectivity index (χ0) is 17.6. The first kappa shape index (κ1) is 16.7. The fourth-order valence-corrected chi connectivity index (χ4v) is 3.49. The van der Waals surface area contributed by atoms with Gasteiger partial charge in [-0.05, 0) is 41.7 Å². The molecule has 1 saturated heterocycles. The Morgan fingerprint density at radius 2 is 1.69 bits per heavy atom. The Kier molecular flexibility index (Phi) is 5.22. The van der Waals surface area contributed by atoms with E-state index in [2.05, 4.69) is 62.6 Å². The van der Waals surface area contributed by atoms with Crippen LogP contribution in [-0.2, 0) is 6.54 Å². The first-order chi connectivity index (χ1) is 12.9. The van der Waals surface area contributed by atoms with Crippen molar-refractivity contribution in [3.05, 3.63) is 89.9 Å². The third-order valence-electron chi connectivity index (χ3n) is 4.90. The van der Waals surface area contributed by atoms with E-state index in [0.717, 1.165) is 25.5 Å². The third-order valence-corrected chi connectivity index (χ3v) is 4.90. The zero-order valence-corrected chi connectivity index (χ0v) is 14.9. The van der Waals surface area contributed by atoms with Gasteiger partial charge in [0.25, 0.3) is 0 Å². The molecule has 0 aliphatic carbocycles. The summed E-state index contributed by atoms with van der Waals surface area (Å²) in [5, 5.41) is 3.66. The van der Waals surface area contributed by atoms with Crippen molar-refractivity contribution in [1.82, 2.24) is 15.3 Å². The average Bonchev–Trinajstić information content (AvgIpc) is 3.25. The number of rotatable bonds is 6. The Labute approximate surface area is 154 Å². The number of hydrogen-bond donors (Lipinski definition) is 1. The molecule has 3 aromatic rings. The van der Waals surface area contributed by atoms with Gasteiger partial charge in [-0.15, -0.1) is 0 Å². The normalized spacial score (nSPS) is 15.2. The molecule has 1 fully saturated rings. The molecule has 1 aliphatic heterocycles. The Hall–Kier alpha value is -2.72. The van der Waals surface area contributed by atoms with Gasteiger partial charge in [-0.1, -0.05) is 42.5 Å². The highest BCUT2D eigenvalue weighted by molar-refractivity contribution is 5.40. The summed E-state index contributed by atoms with van der Waals surface area (Å²) in [4.78, 5) is 11.3. The van der Waals surface area contributed by atoms with Crippen LogP contribution in [0.15, 0.2) is 73.2 Å². The summed E-state index contributed by atoms with van der Waals surface area (Å²) < 4.78 is 0. The van der Waals surface area contributed by atoms with Crippen molar-refractivity contribution in [3.63, 3.8) is 0 Å². The summed E-state index contributed by atoms with van der Waals surface area (Å²) in [6, 6.07) is 19.0. The topological polar surface area (TPSA) is 41.0 Å². The van der Waals surface area contributed by atoms with E-state index in [4.69, 9.17) is 0 Å². The number of nitrogens with one attached hydrogen (secondary N) is 1. The fourth-order valence-electron chi connectivity index (χ4n) is 3.49. The van der Waals surface area contributed by atoms with Gasteiger partial charge in [0.1, 0.15) is 5.82 Å². The molecule has 26 heavy (non-hydrogen) atoms. The minimum Gasteiger partial charge on any atom is -0.357 e. The van der Waals surface area contributed by atoms with Crippen LogP contribution in [0, 0.1) is 0 Å². The molecule has 4 nitrogen and oxygen atoms in total. The third kappa shape index (κ3) is 3.92. The van der Waals surface area contributed by atoms with Gasteiger partial charge < -0.3 is 10.2 Å². The smallest absolute Gasteiger partial charge is 0.128 e. The van der Waals surface area contributed by atoms with E-state index in [0.29, 0.717) is 0 Å². The SMILES string of the molecule is c1ccc([C@H](NCc2ccc(N3CCCC3)nc2)c2cccnc2)cc1. The molecule has 0 bridgehead atoms. The summed E-state index contributed by atoms with van der Waals surface area (Å²) in [6.07, 6.45) is 8.28. The molecule has 2 aromatic heterocycles. The molecule has 132 valence electrons. The second-order valence-electron chi connectivity index (χ2n) is 6.73. The van der Waals surface area contributed by atoms with Gasteiger partial charge in [0.15, 0.2) is 0 Å². The highest BCUT2D eigenvalue weighted by Crippen LogP contribution is 2.22. The number of aromatic nitrogens is 2. The van der Waals surface area contributed by atoms with Gasteiger partial charge in [0, 0.05) is 38.2 Å². The van der Waals surface area contributed by atoms with Crippen LogP contribution in [0.3, 0.4) is 0 Å². The van der Waals surface area contributed by atoms with Crippen molar-refractivity contribution in [2.45, 2.75) is 25.4 Å². The summed E-state index contributed by atoms with van der Waals surface area (Å²) in [5.74, 6) is 1.10. The molecule has 3 heterocycles. The Morgan fingerprint density at radius 1 is 0.885 bits per heavy atom. The molecule has 1 atom stereocenters. The lowest BCUT2D eigenvalue weighted by atomic mass is 10.00. The number of benzene rings is 1. The molecular weight excluding hydrogens is 320 g/mol. The molecule has 0 amide bonds. The van der Waals surface area contributed by atoms with Crippen molar-refractivity contribution in [1.29, 1.82) is 0 Å².